The summed E-state index contributed by atoms with van der Waals surface area (Å²) in [6.45, 7) is 4.23. The third-order valence-electron chi connectivity index (χ3n) is 6.19. The number of benzene rings is 4. The number of para-hydroxylation sites is 1. The molecule has 0 bridgehead atoms. The Bertz CT molecular complexity index is 1660. The number of carbonyl (C=O) groups is 2. The summed E-state index contributed by atoms with van der Waals surface area (Å²) < 4.78 is 11.2. The highest BCUT2D eigenvalue weighted by Crippen LogP contribution is 2.34. The molecule has 7 nitrogen and oxygen atoms in total. The Morgan fingerprint density at radius 3 is 2.38 bits per heavy atom. The summed E-state index contributed by atoms with van der Waals surface area (Å²) in [5, 5.41) is 5.15. The summed E-state index contributed by atoms with van der Waals surface area (Å²) in [5.41, 5.74) is 7.88. The van der Waals surface area contributed by atoms with Crippen LogP contribution >= 0.6 is 0 Å². The number of ether oxygens (including phenoxy) is 2. The molecule has 0 saturated carbocycles. The third-order valence-corrected chi connectivity index (χ3v) is 6.19. The zero-order valence-corrected chi connectivity index (χ0v) is 21.6. The molecule has 0 aliphatic carbocycles. The van der Waals surface area contributed by atoms with Crippen LogP contribution in [0, 0.1) is 6.92 Å². The molecule has 39 heavy (non-hydrogen) atoms. The summed E-state index contributed by atoms with van der Waals surface area (Å²) in [7, 11) is 0. The van der Waals surface area contributed by atoms with Crippen LogP contribution in [0.3, 0.4) is 0 Å². The third kappa shape index (κ3) is 5.57. The van der Waals surface area contributed by atoms with E-state index in [9.17, 15) is 9.59 Å². The van der Waals surface area contributed by atoms with Crippen LogP contribution in [-0.2, 0) is 0 Å². The van der Waals surface area contributed by atoms with Gasteiger partial charge in [0.1, 0.15) is 5.69 Å². The van der Waals surface area contributed by atoms with Crippen LogP contribution in [0.15, 0.2) is 102 Å². The van der Waals surface area contributed by atoms with E-state index in [2.05, 4.69) is 15.5 Å². The van der Waals surface area contributed by atoms with Crippen molar-refractivity contribution in [3.05, 3.63) is 119 Å². The van der Waals surface area contributed by atoms with Crippen LogP contribution < -0.4 is 14.9 Å². The maximum atomic E-state index is 13.3. The number of hydrogen-bond donors (Lipinski definition) is 2. The molecule has 0 spiro atoms. The van der Waals surface area contributed by atoms with Crippen molar-refractivity contribution in [3.63, 3.8) is 0 Å². The number of nitrogens with one attached hydrogen (secondary N) is 2. The highest BCUT2D eigenvalue weighted by atomic mass is 16.6. The molecule has 0 aliphatic heterocycles. The standard InChI is InChI=1S/C32H27N3O4/c1-3-38-27-19-22(17-18-26(27)39-32(37)24-14-8-5-9-15-24)20-33-35-31(36)30-28(23-12-6-4-7-13-23)25-16-10-11-21(2)29(25)34-30/h4-20,34H,3H2,1-2H3,(H,35,36). The van der Waals surface area contributed by atoms with Crippen LogP contribution in [0.25, 0.3) is 22.0 Å². The van der Waals surface area contributed by atoms with E-state index in [1.165, 1.54) is 6.21 Å². The van der Waals surface area contributed by atoms with E-state index < -0.39 is 5.97 Å². The van der Waals surface area contributed by atoms with E-state index in [1.807, 2.05) is 68.4 Å². The van der Waals surface area contributed by atoms with Gasteiger partial charge in [-0.2, -0.15) is 5.10 Å². The topological polar surface area (TPSA) is 92.8 Å². The van der Waals surface area contributed by atoms with Gasteiger partial charge in [0, 0.05) is 16.5 Å². The Hall–Kier alpha value is -5.17. The molecule has 5 rings (SSSR count). The fourth-order valence-electron chi connectivity index (χ4n) is 4.35. The summed E-state index contributed by atoms with van der Waals surface area (Å²) in [6, 6.07) is 29.6. The molecule has 194 valence electrons. The van der Waals surface area contributed by atoms with Gasteiger partial charge >= 0.3 is 5.97 Å². The van der Waals surface area contributed by atoms with Crippen LogP contribution in [0.5, 0.6) is 11.5 Å². The average molecular weight is 518 g/mol. The van der Waals surface area contributed by atoms with E-state index in [0.717, 1.165) is 27.6 Å². The van der Waals surface area contributed by atoms with E-state index in [1.54, 1.807) is 42.5 Å². The minimum absolute atomic E-state index is 0.299. The van der Waals surface area contributed by atoms with Crippen LogP contribution in [0.2, 0.25) is 0 Å². The van der Waals surface area contributed by atoms with Gasteiger partial charge in [0.05, 0.1) is 18.4 Å². The normalized spacial score (nSPS) is 11.0. The molecule has 1 heterocycles. The van der Waals surface area contributed by atoms with E-state index in [-0.39, 0.29) is 5.91 Å². The number of fused-ring (bicyclic) bond motifs is 1. The SMILES string of the molecule is CCOc1cc(C=NNC(=O)c2[nH]c3c(C)cccc3c2-c2ccccc2)ccc1OC(=O)c1ccccc1. The fourth-order valence-corrected chi connectivity index (χ4v) is 4.35. The van der Waals surface area contributed by atoms with Crippen LogP contribution in [0.4, 0.5) is 0 Å². The number of aromatic nitrogens is 1. The predicted molar refractivity (Wildman–Crippen MR) is 153 cm³/mol. The second-order valence-electron chi connectivity index (χ2n) is 8.83. The number of carbonyl (C=O) groups excluding carboxylic acids is 2. The second-order valence-corrected chi connectivity index (χ2v) is 8.83. The Morgan fingerprint density at radius 1 is 0.897 bits per heavy atom. The summed E-state index contributed by atoms with van der Waals surface area (Å²) in [6.07, 6.45) is 1.51. The van der Waals surface area contributed by atoms with Gasteiger partial charge in [0.25, 0.3) is 5.91 Å². The molecular weight excluding hydrogens is 490 g/mol. The fraction of sp³-hybridized carbons (Fsp3) is 0.0938. The van der Waals surface area contributed by atoms with Gasteiger partial charge < -0.3 is 14.5 Å². The quantitative estimate of drug-likeness (QED) is 0.106. The second kappa shape index (κ2) is 11.5. The van der Waals surface area contributed by atoms with Gasteiger partial charge in [0.2, 0.25) is 0 Å². The van der Waals surface area contributed by atoms with Gasteiger partial charge in [0.15, 0.2) is 11.5 Å². The first kappa shape index (κ1) is 25.5. The number of rotatable bonds is 8. The molecule has 4 aromatic carbocycles. The van der Waals surface area contributed by atoms with Crippen molar-refractivity contribution in [1.29, 1.82) is 0 Å². The number of hydrogen-bond acceptors (Lipinski definition) is 5. The van der Waals surface area contributed by atoms with Crippen molar-refractivity contribution in [1.82, 2.24) is 10.4 Å². The zero-order chi connectivity index (χ0) is 27.2. The van der Waals surface area contributed by atoms with Gasteiger partial charge in [-0.3, -0.25) is 4.79 Å². The van der Waals surface area contributed by atoms with Crippen molar-refractivity contribution < 1.29 is 19.1 Å². The van der Waals surface area contributed by atoms with Gasteiger partial charge in [-0.15, -0.1) is 0 Å². The molecule has 0 fully saturated rings. The first-order valence-electron chi connectivity index (χ1n) is 12.6. The van der Waals surface area contributed by atoms with E-state index in [4.69, 9.17) is 9.47 Å². The van der Waals surface area contributed by atoms with Gasteiger partial charge in [-0.25, -0.2) is 10.2 Å². The molecule has 0 radical (unpaired) electrons. The van der Waals surface area contributed by atoms with E-state index >= 15 is 0 Å². The number of esters is 1. The Kier molecular flexibility index (Phi) is 7.50. The Morgan fingerprint density at radius 2 is 1.64 bits per heavy atom. The zero-order valence-electron chi connectivity index (χ0n) is 21.6. The number of aromatic amines is 1. The Balaban J connectivity index is 1.37. The number of amides is 1. The molecule has 0 atom stereocenters. The lowest BCUT2D eigenvalue weighted by molar-refractivity contribution is 0.0728. The molecule has 0 saturated heterocycles. The van der Waals surface area contributed by atoms with Crippen LogP contribution in [0.1, 0.15) is 38.9 Å². The highest BCUT2D eigenvalue weighted by molar-refractivity contribution is 6.10. The van der Waals surface area contributed by atoms with Crippen molar-refractivity contribution in [2.24, 2.45) is 5.10 Å². The van der Waals surface area contributed by atoms with Crippen molar-refractivity contribution in [2.75, 3.05) is 6.61 Å². The maximum absolute atomic E-state index is 13.3. The van der Waals surface area contributed by atoms with Crippen molar-refractivity contribution in [3.8, 4) is 22.6 Å². The number of nitrogens with zero attached hydrogens (tertiary/aromatic N) is 1. The molecule has 5 aromatic rings. The van der Waals surface area contributed by atoms with Gasteiger partial charge in [-0.1, -0.05) is 66.7 Å². The summed E-state index contributed by atoms with van der Waals surface area (Å²) >= 11 is 0. The predicted octanol–water partition coefficient (Wildman–Crippen LogP) is 6.53. The number of aryl methyl sites for hydroxylation is 1. The lowest BCUT2D eigenvalue weighted by atomic mass is 10.0. The molecule has 2 N–H and O–H groups in total. The lowest BCUT2D eigenvalue weighted by Gasteiger charge is -2.11. The minimum Gasteiger partial charge on any atom is -0.490 e. The molecular formula is C32H27N3O4. The largest absolute Gasteiger partial charge is 0.490 e. The first-order chi connectivity index (χ1) is 19.0. The Labute approximate surface area is 226 Å². The summed E-state index contributed by atoms with van der Waals surface area (Å²) in [4.78, 5) is 29.0. The van der Waals surface area contributed by atoms with Crippen LogP contribution in [-0.4, -0.2) is 29.7 Å². The van der Waals surface area contributed by atoms with Crippen molar-refractivity contribution in [2.45, 2.75) is 13.8 Å². The lowest BCUT2D eigenvalue weighted by Crippen LogP contribution is -2.19. The van der Waals surface area contributed by atoms with E-state index in [0.29, 0.717) is 34.9 Å². The van der Waals surface area contributed by atoms with Crippen molar-refractivity contribution >= 4 is 29.0 Å². The van der Waals surface area contributed by atoms with Gasteiger partial charge in [-0.05, 0) is 60.9 Å². The average Bonchev–Trinajstić information content (AvgIpc) is 3.36. The number of H-pyrrole nitrogens is 1. The molecule has 1 aromatic heterocycles. The molecule has 0 unspecified atom stereocenters. The monoisotopic (exact) mass is 517 g/mol. The number of hydrazone groups is 1. The molecule has 0 aliphatic rings. The molecule has 7 heteroatoms. The minimum atomic E-state index is -0.479. The first-order valence-corrected chi connectivity index (χ1v) is 12.6. The highest BCUT2D eigenvalue weighted by Gasteiger charge is 2.20. The molecule has 1 amide bonds. The maximum Gasteiger partial charge on any atom is 0.343 e. The smallest absolute Gasteiger partial charge is 0.343 e. The summed E-state index contributed by atoms with van der Waals surface area (Å²) in [5.74, 6) is -0.144.